The van der Waals surface area contributed by atoms with E-state index in [4.69, 9.17) is 0 Å². The van der Waals surface area contributed by atoms with E-state index in [2.05, 4.69) is 14.7 Å². The fourth-order valence-corrected chi connectivity index (χ4v) is 3.45. The summed E-state index contributed by atoms with van der Waals surface area (Å²) in [5.74, 6) is -0.815. The summed E-state index contributed by atoms with van der Waals surface area (Å²) in [7, 11) is 0.276. The monoisotopic (exact) mass is 391 g/mol. The third kappa shape index (κ3) is 4.65. The lowest BCUT2D eigenvalue weighted by molar-refractivity contribution is -0.112. The maximum Gasteiger partial charge on any atom is 0.268 e. The van der Waals surface area contributed by atoms with Crippen LogP contribution >= 0.6 is 11.5 Å². The summed E-state index contributed by atoms with van der Waals surface area (Å²) in [6.07, 6.45) is 1.44. The zero-order valence-electron chi connectivity index (χ0n) is 14.4. The molecule has 10 heteroatoms. The zero-order chi connectivity index (χ0) is 19.3. The van der Waals surface area contributed by atoms with Gasteiger partial charge in [-0.05, 0) is 23.8 Å². The average Bonchev–Trinajstić information content (AvgIpc) is 3.09. The number of carbonyl (C=O) groups is 1. The molecule has 0 saturated carbocycles. The lowest BCUT2D eigenvalue weighted by Crippen LogP contribution is -2.14. The van der Waals surface area contributed by atoms with Gasteiger partial charge in [0.25, 0.3) is 11.1 Å². The van der Waals surface area contributed by atoms with Gasteiger partial charge in [-0.15, -0.1) is 0 Å². The number of amides is 1. The maximum atomic E-state index is 12.2. The van der Waals surface area contributed by atoms with Crippen LogP contribution in [0, 0.1) is 11.3 Å². The molecule has 8 nitrogen and oxygen atoms in total. The first-order valence-corrected chi connectivity index (χ1v) is 9.96. The second kappa shape index (κ2) is 8.07. The molecular formula is C16H17N5O3S2. The smallest absolute Gasteiger partial charge is 0.268 e. The van der Waals surface area contributed by atoms with Gasteiger partial charge in [0.05, 0.1) is 5.75 Å². The largest absolute Gasteiger partial charge is 0.378 e. The van der Waals surface area contributed by atoms with Crippen LogP contribution in [0.15, 0.2) is 35.0 Å². The molecule has 1 aromatic heterocycles. The number of sulfone groups is 1. The molecule has 1 amide bonds. The van der Waals surface area contributed by atoms with E-state index in [1.54, 1.807) is 12.1 Å². The fraction of sp³-hybridized carbons (Fsp3) is 0.250. The lowest BCUT2D eigenvalue weighted by Gasteiger charge is -2.11. The molecule has 0 spiro atoms. The number of nitriles is 1. The van der Waals surface area contributed by atoms with Gasteiger partial charge in [-0.3, -0.25) is 10.1 Å². The Morgan fingerprint density at radius 3 is 2.54 bits per heavy atom. The van der Waals surface area contributed by atoms with Crippen molar-refractivity contribution in [1.29, 1.82) is 5.26 Å². The van der Waals surface area contributed by atoms with Crippen LogP contribution in [0.1, 0.15) is 12.5 Å². The summed E-state index contributed by atoms with van der Waals surface area (Å²) in [5, 5.41) is 11.3. The molecule has 0 atom stereocenters. The number of nitrogens with zero attached hydrogens (tertiary/aromatic N) is 4. The Labute approximate surface area is 155 Å². The number of hydrogen-bond donors (Lipinski definition) is 1. The molecule has 0 aliphatic heterocycles. The van der Waals surface area contributed by atoms with E-state index in [9.17, 15) is 18.5 Å². The quantitative estimate of drug-likeness (QED) is 0.591. The second-order valence-electron chi connectivity index (χ2n) is 5.40. The molecule has 1 heterocycles. The Kier molecular flexibility index (Phi) is 6.07. The number of nitrogens with one attached hydrogen (secondary N) is 1. The first kappa shape index (κ1) is 19.6. The molecule has 0 saturated heterocycles. The van der Waals surface area contributed by atoms with E-state index in [1.807, 2.05) is 37.2 Å². The number of carbonyl (C=O) groups excluding carboxylic acids is 1. The first-order chi connectivity index (χ1) is 12.3. The number of benzene rings is 1. The van der Waals surface area contributed by atoms with Gasteiger partial charge in [-0.2, -0.15) is 14.6 Å². The van der Waals surface area contributed by atoms with Crippen LogP contribution in [0.2, 0.25) is 0 Å². The Balaban J connectivity index is 2.17. The van der Waals surface area contributed by atoms with E-state index in [0.717, 1.165) is 17.2 Å². The van der Waals surface area contributed by atoms with Crippen LogP contribution in [0.5, 0.6) is 0 Å². The Morgan fingerprint density at radius 2 is 2.00 bits per heavy atom. The molecule has 0 aliphatic carbocycles. The molecule has 2 aromatic rings. The molecular weight excluding hydrogens is 374 g/mol. The van der Waals surface area contributed by atoms with E-state index in [1.165, 1.54) is 13.0 Å². The van der Waals surface area contributed by atoms with E-state index in [0.29, 0.717) is 5.56 Å². The van der Waals surface area contributed by atoms with Gasteiger partial charge < -0.3 is 4.90 Å². The molecule has 0 bridgehead atoms. The van der Waals surface area contributed by atoms with Gasteiger partial charge in [0.15, 0.2) is 0 Å². The normalized spacial score (nSPS) is 11.7. The SMILES string of the molecule is CCS(=O)(=O)c1nsc(NC(=O)C(C#N)=Cc2ccc(N(C)C)cc2)n1. The van der Waals surface area contributed by atoms with Crippen LogP contribution in [-0.4, -0.2) is 43.5 Å². The van der Waals surface area contributed by atoms with E-state index >= 15 is 0 Å². The molecule has 26 heavy (non-hydrogen) atoms. The van der Waals surface area contributed by atoms with Crippen molar-refractivity contribution in [3.63, 3.8) is 0 Å². The van der Waals surface area contributed by atoms with Crippen molar-refractivity contribution in [2.45, 2.75) is 12.1 Å². The van der Waals surface area contributed by atoms with Crippen LogP contribution in [-0.2, 0) is 14.6 Å². The summed E-state index contributed by atoms with van der Waals surface area (Å²) in [5.41, 5.74) is 1.55. The van der Waals surface area contributed by atoms with Crippen molar-refractivity contribution in [3.05, 3.63) is 35.4 Å². The third-order valence-corrected chi connectivity index (χ3v) is 5.62. The number of rotatable bonds is 6. The van der Waals surface area contributed by atoms with Gasteiger partial charge >= 0.3 is 0 Å². The summed E-state index contributed by atoms with van der Waals surface area (Å²) in [6, 6.07) is 9.14. The highest BCUT2D eigenvalue weighted by molar-refractivity contribution is 7.91. The van der Waals surface area contributed by atoms with Gasteiger partial charge in [-0.25, -0.2) is 8.42 Å². The van der Waals surface area contributed by atoms with Crippen LogP contribution in [0.25, 0.3) is 6.08 Å². The van der Waals surface area contributed by atoms with Crippen LogP contribution in [0.3, 0.4) is 0 Å². The minimum Gasteiger partial charge on any atom is -0.378 e. The molecule has 0 unspecified atom stereocenters. The first-order valence-electron chi connectivity index (χ1n) is 7.54. The highest BCUT2D eigenvalue weighted by atomic mass is 32.2. The van der Waals surface area contributed by atoms with Crippen molar-refractivity contribution in [2.24, 2.45) is 0 Å². The highest BCUT2D eigenvalue weighted by Gasteiger charge is 2.19. The van der Waals surface area contributed by atoms with Gasteiger partial charge in [0, 0.05) is 31.3 Å². The standard InChI is InChI=1S/C16H17N5O3S2/c1-4-26(23,24)16-19-15(25-20-16)18-14(22)12(10-17)9-11-5-7-13(8-6-11)21(2)3/h5-9H,4H2,1-3H3,(H,18,19,20,22). The van der Waals surface area contributed by atoms with Gasteiger partial charge in [0.1, 0.15) is 11.6 Å². The molecule has 136 valence electrons. The predicted molar refractivity (Wildman–Crippen MR) is 101 cm³/mol. The second-order valence-corrected chi connectivity index (χ2v) is 8.32. The number of anilines is 2. The van der Waals surface area contributed by atoms with Crippen molar-refractivity contribution >= 4 is 44.2 Å². The van der Waals surface area contributed by atoms with Crippen LogP contribution in [0.4, 0.5) is 10.8 Å². The van der Waals surface area contributed by atoms with E-state index < -0.39 is 15.7 Å². The Bertz CT molecular complexity index is 970. The fourth-order valence-electron chi connectivity index (χ4n) is 1.86. The summed E-state index contributed by atoms with van der Waals surface area (Å²) >= 11 is 0.745. The molecule has 0 fully saturated rings. The zero-order valence-corrected chi connectivity index (χ0v) is 16.1. The minimum absolute atomic E-state index is 0.0196. The Hall–Kier alpha value is -2.77. The summed E-state index contributed by atoms with van der Waals surface area (Å²) in [4.78, 5) is 18.0. The highest BCUT2D eigenvalue weighted by Crippen LogP contribution is 2.18. The van der Waals surface area contributed by atoms with Crippen molar-refractivity contribution in [2.75, 3.05) is 30.1 Å². The molecule has 2 rings (SSSR count). The average molecular weight is 391 g/mol. The summed E-state index contributed by atoms with van der Waals surface area (Å²) < 4.78 is 27.1. The number of aromatic nitrogens is 2. The van der Waals surface area contributed by atoms with Crippen LogP contribution < -0.4 is 10.2 Å². The third-order valence-electron chi connectivity index (χ3n) is 3.37. The number of hydrogen-bond acceptors (Lipinski definition) is 8. The van der Waals surface area contributed by atoms with Crippen molar-refractivity contribution in [1.82, 2.24) is 9.36 Å². The minimum atomic E-state index is -3.55. The van der Waals surface area contributed by atoms with Gasteiger partial charge in [0.2, 0.25) is 15.0 Å². The lowest BCUT2D eigenvalue weighted by atomic mass is 10.1. The molecule has 0 radical (unpaired) electrons. The maximum absolute atomic E-state index is 12.2. The molecule has 0 aliphatic rings. The molecule has 1 N–H and O–H groups in total. The molecule has 1 aromatic carbocycles. The topological polar surface area (TPSA) is 116 Å². The van der Waals surface area contributed by atoms with Gasteiger partial charge in [-0.1, -0.05) is 19.1 Å². The summed E-state index contributed by atoms with van der Waals surface area (Å²) in [6.45, 7) is 1.48. The van der Waals surface area contributed by atoms with Crippen molar-refractivity contribution < 1.29 is 13.2 Å². The van der Waals surface area contributed by atoms with E-state index in [-0.39, 0.29) is 21.6 Å². The predicted octanol–water partition coefficient (Wildman–Crippen LogP) is 1.94. The Morgan fingerprint density at radius 1 is 1.35 bits per heavy atom. The van der Waals surface area contributed by atoms with Crippen molar-refractivity contribution in [3.8, 4) is 6.07 Å².